The van der Waals surface area contributed by atoms with Gasteiger partial charge in [0, 0.05) is 24.4 Å². The molecule has 10 nitrogen and oxygen atoms in total. The van der Waals surface area contributed by atoms with Crippen molar-refractivity contribution in [1.82, 2.24) is 24.7 Å². The molecule has 3 aromatic heterocycles. The van der Waals surface area contributed by atoms with Crippen LogP contribution >= 0.6 is 0 Å². The van der Waals surface area contributed by atoms with Crippen molar-refractivity contribution < 1.29 is 27.9 Å². The van der Waals surface area contributed by atoms with Gasteiger partial charge in [-0.15, -0.1) is 0 Å². The van der Waals surface area contributed by atoms with Crippen LogP contribution in [-0.4, -0.2) is 48.8 Å². The molecule has 0 atom stereocenters. The fourth-order valence-corrected chi connectivity index (χ4v) is 3.80. The summed E-state index contributed by atoms with van der Waals surface area (Å²) >= 11 is 0. The van der Waals surface area contributed by atoms with Crippen LogP contribution in [0.3, 0.4) is 0 Å². The van der Waals surface area contributed by atoms with Crippen LogP contribution in [0.4, 0.5) is 18.9 Å². The number of alkyl halides is 3. The number of aryl methyl sites for hydroxylation is 2. The molecule has 188 valence electrons. The summed E-state index contributed by atoms with van der Waals surface area (Å²) in [6, 6.07) is 8.87. The number of halogens is 3. The summed E-state index contributed by atoms with van der Waals surface area (Å²) in [5.74, 6) is -1.64. The second kappa shape index (κ2) is 9.30. The minimum absolute atomic E-state index is 0.0180. The first kappa shape index (κ1) is 25.2. The second-order valence-corrected chi connectivity index (χ2v) is 8.15. The van der Waals surface area contributed by atoms with E-state index in [0.29, 0.717) is 22.4 Å². The Hall–Kier alpha value is -4.86. The normalized spacial score (nSPS) is 11.4. The first-order valence-corrected chi connectivity index (χ1v) is 10.7. The monoisotopic (exact) mass is 509 g/mol. The molecule has 0 spiro atoms. The van der Waals surface area contributed by atoms with Gasteiger partial charge in [-0.3, -0.25) is 4.79 Å². The van der Waals surface area contributed by atoms with Crippen LogP contribution < -0.4 is 4.90 Å². The van der Waals surface area contributed by atoms with Crippen LogP contribution in [0.15, 0.2) is 36.5 Å². The predicted molar refractivity (Wildman–Crippen MR) is 125 cm³/mol. The third-order valence-corrected chi connectivity index (χ3v) is 5.59. The van der Waals surface area contributed by atoms with Gasteiger partial charge in [0.25, 0.3) is 5.91 Å². The molecule has 0 unspecified atom stereocenters. The summed E-state index contributed by atoms with van der Waals surface area (Å²) < 4.78 is 40.2. The lowest BCUT2D eigenvalue weighted by molar-refractivity contribution is -0.141. The molecular weight excluding hydrogens is 491 g/mol. The number of anilines is 1. The average Bonchev–Trinajstić information content (AvgIpc) is 3.27. The van der Waals surface area contributed by atoms with Crippen molar-refractivity contribution in [1.29, 1.82) is 5.26 Å². The molecule has 0 aliphatic heterocycles. The number of hydrogen-bond acceptors (Lipinski definition) is 7. The van der Waals surface area contributed by atoms with E-state index in [-0.39, 0.29) is 34.8 Å². The number of fused-ring (bicyclic) bond motifs is 1. The maximum absolute atomic E-state index is 13.1. The molecule has 1 aromatic carbocycles. The van der Waals surface area contributed by atoms with Crippen LogP contribution in [0.5, 0.6) is 0 Å². The highest BCUT2D eigenvalue weighted by atomic mass is 19.4. The zero-order valence-electron chi connectivity index (χ0n) is 19.7. The molecule has 0 saturated carbocycles. The number of carbonyl (C=O) groups excluding carboxylic acids is 1. The van der Waals surface area contributed by atoms with Crippen molar-refractivity contribution in [3.63, 3.8) is 0 Å². The van der Waals surface area contributed by atoms with E-state index in [4.69, 9.17) is 5.26 Å². The Labute approximate surface area is 207 Å². The van der Waals surface area contributed by atoms with Crippen LogP contribution in [-0.2, 0) is 12.7 Å². The van der Waals surface area contributed by atoms with Crippen LogP contribution in [0.2, 0.25) is 0 Å². The smallest absolute Gasteiger partial charge is 0.433 e. The largest absolute Gasteiger partial charge is 0.476 e. The summed E-state index contributed by atoms with van der Waals surface area (Å²) in [7, 11) is 1.49. The third kappa shape index (κ3) is 4.81. The van der Waals surface area contributed by atoms with Crippen LogP contribution in [0, 0.1) is 25.2 Å². The first-order chi connectivity index (χ1) is 17.4. The van der Waals surface area contributed by atoms with Gasteiger partial charge in [0.15, 0.2) is 11.5 Å². The van der Waals surface area contributed by atoms with E-state index in [0.717, 1.165) is 16.8 Å². The number of hydrogen-bond donors (Lipinski definition) is 1. The van der Waals surface area contributed by atoms with Crippen molar-refractivity contribution in [3.05, 3.63) is 64.7 Å². The Balaban J connectivity index is 1.67. The van der Waals surface area contributed by atoms with E-state index in [1.807, 2.05) is 6.07 Å². The number of benzene rings is 1. The van der Waals surface area contributed by atoms with Crippen LogP contribution in [0.1, 0.15) is 37.8 Å². The lowest BCUT2D eigenvalue weighted by Gasteiger charge is -2.20. The van der Waals surface area contributed by atoms with E-state index in [1.54, 1.807) is 25.1 Å². The Kier molecular flexibility index (Phi) is 6.35. The van der Waals surface area contributed by atoms with Gasteiger partial charge in [-0.05, 0) is 49.2 Å². The second-order valence-electron chi connectivity index (χ2n) is 8.15. The molecule has 0 radical (unpaired) electrons. The minimum Gasteiger partial charge on any atom is -0.476 e. The van der Waals surface area contributed by atoms with Crippen molar-refractivity contribution in [2.45, 2.75) is 26.6 Å². The maximum Gasteiger partial charge on any atom is 0.433 e. The quantitative estimate of drug-likeness (QED) is 0.426. The van der Waals surface area contributed by atoms with Crippen molar-refractivity contribution in [3.8, 4) is 17.5 Å². The van der Waals surface area contributed by atoms with E-state index in [1.165, 1.54) is 25.1 Å². The van der Waals surface area contributed by atoms with Gasteiger partial charge in [0.2, 0.25) is 0 Å². The molecule has 0 bridgehead atoms. The van der Waals surface area contributed by atoms with E-state index >= 15 is 0 Å². The lowest BCUT2D eigenvalue weighted by atomic mass is 10.1. The summed E-state index contributed by atoms with van der Waals surface area (Å²) in [6.07, 6.45) is -3.36. The highest BCUT2D eigenvalue weighted by Gasteiger charge is 2.33. The number of nitriles is 1. The molecule has 0 aliphatic carbocycles. The summed E-state index contributed by atoms with van der Waals surface area (Å²) in [6.45, 7) is 2.94. The van der Waals surface area contributed by atoms with Crippen molar-refractivity contribution >= 4 is 28.6 Å². The van der Waals surface area contributed by atoms with Gasteiger partial charge in [0.1, 0.15) is 23.4 Å². The molecular formula is C24H18F3N7O3. The number of aromatic nitrogens is 5. The molecule has 4 aromatic rings. The Morgan fingerprint density at radius 3 is 2.49 bits per heavy atom. The van der Waals surface area contributed by atoms with Gasteiger partial charge in [-0.25, -0.2) is 24.4 Å². The molecule has 3 heterocycles. The fourth-order valence-electron chi connectivity index (χ4n) is 3.80. The molecule has 4 rings (SSSR count). The number of nitrogens with zero attached hydrogens (tertiary/aromatic N) is 7. The molecule has 0 aliphatic rings. The Bertz CT molecular complexity index is 1610. The average molecular weight is 509 g/mol. The number of carbonyl (C=O) groups is 2. The Morgan fingerprint density at radius 1 is 1.14 bits per heavy atom. The first-order valence-electron chi connectivity index (χ1n) is 10.7. The third-order valence-electron chi connectivity index (χ3n) is 5.59. The molecule has 1 N–H and O–H groups in total. The van der Waals surface area contributed by atoms with Gasteiger partial charge < -0.3 is 10.0 Å². The summed E-state index contributed by atoms with van der Waals surface area (Å²) in [4.78, 5) is 37.9. The molecule has 13 heteroatoms. The maximum atomic E-state index is 13.1. The number of rotatable bonds is 5. The van der Waals surface area contributed by atoms with Gasteiger partial charge in [-0.1, -0.05) is 0 Å². The number of carboxylic acid groups (broad SMARTS) is 1. The zero-order chi connectivity index (χ0) is 27.1. The standard InChI is InChI=1S/C24H18F3N7O3/c1-12-8-14(21-29-11-16-20(31-21)13(2)9-19(30-16)24(25,26)27)4-5-17(12)33(3)22(35)18-10-15(23(36)37)32-34(18)7-6-28/h4-5,8-11H,7H2,1-3H3,(H,36,37). The van der Waals surface area contributed by atoms with Gasteiger partial charge in [0.05, 0.1) is 17.8 Å². The van der Waals surface area contributed by atoms with Crippen LogP contribution in [0.25, 0.3) is 22.4 Å². The van der Waals surface area contributed by atoms with E-state index in [2.05, 4.69) is 20.1 Å². The van der Waals surface area contributed by atoms with Crippen molar-refractivity contribution in [2.75, 3.05) is 11.9 Å². The molecule has 0 fully saturated rings. The van der Waals surface area contributed by atoms with E-state index < -0.39 is 23.7 Å². The number of pyridine rings is 1. The van der Waals surface area contributed by atoms with Crippen molar-refractivity contribution in [2.24, 2.45) is 0 Å². The summed E-state index contributed by atoms with van der Waals surface area (Å²) in [5.41, 5.74) is 0.849. The highest BCUT2D eigenvalue weighted by molar-refractivity contribution is 6.06. The molecule has 1 amide bonds. The predicted octanol–water partition coefficient (Wildman–Crippen LogP) is 4.02. The topological polar surface area (TPSA) is 138 Å². The number of aromatic carboxylic acids is 1. The Morgan fingerprint density at radius 2 is 1.86 bits per heavy atom. The SMILES string of the molecule is Cc1cc(-c2ncc3nc(C(F)(F)F)cc(C)c3n2)ccc1N(C)C(=O)c1cc(C(=O)O)nn1CC#N. The lowest BCUT2D eigenvalue weighted by Crippen LogP contribution is -2.29. The minimum atomic E-state index is -4.59. The van der Waals surface area contributed by atoms with Gasteiger partial charge >= 0.3 is 12.1 Å². The highest BCUT2D eigenvalue weighted by Crippen LogP contribution is 2.31. The number of amides is 1. The molecule has 0 saturated heterocycles. The fraction of sp³-hybridized carbons (Fsp3) is 0.208. The molecule has 37 heavy (non-hydrogen) atoms. The van der Waals surface area contributed by atoms with E-state index in [9.17, 15) is 27.9 Å². The van der Waals surface area contributed by atoms with Gasteiger partial charge in [-0.2, -0.15) is 23.5 Å². The zero-order valence-corrected chi connectivity index (χ0v) is 19.7. The summed E-state index contributed by atoms with van der Waals surface area (Å²) in [5, 5.41) is 22.0. The number of carboxylic acids is 1.